The molecule has 0 saturated carbocycles. The molecule has 5 rings (SSSR count). The van der Waals surface area contributed by atoms with Gasteiger partial charge in [0.2, 0.25) is 0 Å². The molecule has 0 unspecified atom stereocenters. The van der Waals surface area contributed by atoms with Crippen molar-refractivity contribution in [1.82, 2.24) is 4.98 Å². The number of ketones is 1. The molecule has 1 aliphatic rings. The number of carbonyl (C=O) groups excluding carboxylic acids is 2. The second kappa shape index (κ2) is 10.1. The number of nitrogens with zero attached hydrogens (tertiary/aromatic N) is 1. The molecule has 0 atom stereocenters. The van der Waals surface area contributed by atoms with E-state index in [4.69, 9.17) is 14.2 Å². The van der Waals surface area contributed by atoms with E-state index < -0.39 is 0 Å². The Morgan fingerprint density at radius 2 is 1.74 bits per heavy atom. The summed E-state index contributed by atoms with van der Waals surface area (Å²) in [5.41, 5.74) is 2.26. The molecule has 0 spiro atoms. The first-order valence-corrected chi connectivity index (χ1v) is 12.0. The van der Waals surface area contributed by atoms with Gasteiger partial charge in [-0.1, -0.05) is 42.1 Å². The Labute approximate surface area is 206 Å². The van der Waals surface area contributed by atoms with E-state index in [-0.39, 0.29) is 17.4 Å². The molecule has 3 aromatic carbocycles. The number of anilines is 1. The van der Waals surface area contributed by atoms with E-state index in [0.29, 0.717) is 57.8 Å². The van der Waals surface area contributed by atoms with Gasteiger partial charge < -0.3 is 19.5 Å². The lowest BCUT2D eigenvalue weighted by molar-refractivity contribution is 0.101. The van der Waals surface area contributed by atoms with Crippen LogP contribution in [-0.2, 0) is 0 Å². The average Bonchev–Trinajstić information content (AvgIpc) is 2.91. The topological polar surface area (TPSA) is 86.8 Å². The molecular formula is C27H22N2O5S. The molecule has 1 aromatic heterocycles. The highest BCUT2D eigenvalue weighted by Gasteiger charge is 2.18. The number of benzene rings is 3. The van der Waals surface area contributed by atoms with Gasteiger partial charge in [-0.3, -0.25) is 9.59 Å². The SMILES string of the molecule is COc1ccccc1NC(=O)c1cc(SCC(=O)c2ccc3c(c2)OCCO3)nc2ccccc12. The van der Waals surface area contributed by atoms with Crippen LogP contribution in [0.15, 0.2) is 77.8 Å². The fourth-order valence-corrected chi connectivity index (χ4v) is 4.60. The van der Waals surface area contributed by atoms with Gasteiger partial charge in [0.15, 0.2) is 17.3 Å². The standard InChI is InChI=1S/C27H22N2O5S/c1-32-23-9-5-4-8-21(23)29-27(31)19-15-26(28-20-7-3-2-6-18(19)20)35-16-22(30)17-10-11-24-25(14-17)34-13-12-33-24/h2-11,14-15H,12-13,16H2,1H3,(H,29,31). The number of Topliss-reactive ketones (excluding diaryl/α,β-unsaturated/α-hetero) is 1. The van der Waals surface area contributed by atoms with E-state index in [1.54, 1.807) is 43.5 Å². The average molecular weight is 487 g/mol. The Hall–Kier alpha value is -4.04. The number of pyridine rings is 1. The first-order valence-electron chi connectivity index (χ1n) is 11.0. The van der Waals surface area contributed by atoms with Crippen LogP contribution in [0, 0.1) is 0 Å². The van der Waals surface area contributed by atoms with Gasteiger partial charge in [-0.2, -0.15) is 0 Å². The van der Waals surface area contributed by atoms with Gasteiger partial charge in [-0.05, 0) is 42.5 Å². The molecule has 1 aliphatic heterocycles. The van der Waals surface area contributed by atoms with Crippen molar-refractivity contribution in [2.24, 2.45) is 0 Å². The fourth-order valence-electron chi connectivity index (χ4n) is 3.79. The lowest BCUT2D eigenvalue weighted by atomic mass is 10.1. The summed E-state index contributed by atoms with van der Waals surface area (Å²) in [6.45, 7) is 0.955. The normalized spacial score (nSPS) is 12.3. The molecule has 35 heavy (non-hydrogen) atoms. The minimum absolute atomic E-state index is 0.0676. The number of thioether (sulfide) groups is 1. The number of hydrogen-bond donors (Lipinski definition) is 1. The first kappa shape index (κ1) is 22.7. The Kier molecular flexibility index (Phi) is 6.54. The summed E-state index contributed by atoms with van der Waals surface area (Å²) in [6.07, 6.45) is 0. The maximum Gasteiger partial charge on any atom is 0.256 e. The van der Waals surface area contributed by atoms with Crippen molar-refractivity contribution in [3.05, 3.63) is 83.9 Å². The number of amides is 1. The Morgan fingerprint density at radius 1 is 0.971 bits per heavy atom. The van der Waals surface area contributed by atoms with Crippen LogP contribution in [0.4, 0.5) is 5.69 Å². The van der Waals surface area contributed by atoms with Gasteiger partial charge in [0.05, 0.1) is 34.7 Å². The molecule has 7 nitrogen and oxygen atoms in total. The lowest BCUT2D eigenvalue weighted by Gasteiger charge is -2.18. The Morgan fingerprint density at radius 3 is 2.60 bits per heavy atom. The molecule has 1 N–H and O–H groups in total. The van der Waals surface area contributed by atoms with Gasteiger partial charge in [-0.15, -0.1) is 0 Å². The van der Waals surface area contributed by atoms with Crippen LogP contribution in [0.1, 0.15) is 20.7 Å². The summed E-state index contributed by atoms with van der Waals surface area (Å²) in [7, 11) is 1.56. The molecule has 1 amide bonds. The molecule has 0 saturated heterocycles. The Bertz CT molecular complexity index is 1420. The number of fused-ring (bicyclic) bond motifs is 2. The van der Waals surface area contributed by atoms with Crippen LogP contribution in [0.5, 0.6) is 17.2 Å². The van der Waals surface area contributed by atoms with Gasteiger partial charge in [0, 0.05) is 10.9 Å². The fraction of sp³-hybridized carbons (Fsp3) is 0.148. The number of rotatable bonds is 7. The van der Waals surface area contributed by atoms with Crippen molar-refractivity contribution in [3.8, 4) is 17.2 Å². The smallest absolute Gasteiger partial charge is 0.256 e. The van der Waals surface area contributed by atoms with E-state index in [0.717, 1.165) is 5.39 Å². The van der Waals surface area contributed by atoms with Crippen LogP contribution in [0.2, 0.25) is 0 Å². The van der Waals surface area contributed by atoms with E-state index in [2.05, 4.69) is 10.3 Å². The second-order valence-electron chi connectivity index (χ2n) is 7.75. The predicted molar refractivity (Wildman–Crippen MR) is 135 cm³/mol. The maximum atomic E-state index is 13.2. The lowest BCUT2D eigenvalue weighted by Crippen LogP contribution is -2.16. The number of carbonyl (C=O) groups is 2. The second-order valence-corrected chi connectivity index (χ2v) is 8.75. The molecule has 0 bridgehead atoms. The molecular weight excluding hydrogens is 464 g/mol. The minimum Gasteiger partial charge on any atom is -0.495 e. The quantitative estimate of drug-likeness (QED) is 0.282. The molecule has 176 valence electrons. The van der Waals surface area contributed by atoms with E-state index in [1.165, 1.54) is 11.8 Å². The van der Waals surface area contributed by atoms with Gasteiger partial charge >= 0.3 is 0 Å². The van der Waals surface area contributed by atoms with Crippen molar-refractivity contribution < 1.29 is 23.8 Å². The van der Waals surface area contributed by atoms with Crippen LogP contribution >= 0.6 is 11.8 Å². The molecule has 8 heteroatoms. The molecule has 4 aromatic rings. The zero-order valence-electron chi connectivity index (χ0n) is 18.9. The van der Waals surface area contributed by atoms with Crippen LogP contribution < -0.4 is 19.5 Å². The number of hydrogen-bond acceptors (Lipinski definition) is 7. The van der Waals surface area contributed by atoms with Crippen molar-refractivity contribution in [2.75, 3.05) is 31.4 Å². The highest BCUT2D eigenvalue weighted by molar-refractivity contribution is 7.99. The highest BCUT2D eigenvalue weighted by atomic mass is 32.2. The number of aromatic nitrogens is 1. The Balaban J connectivity index is 1.38. The van der Waals surface area contributed by atoms with Gasteiger partial charge in [0.25, 0.3) is 5.91 Å². The van der Waals surface area contributed by atoms with E-state index in [9.17, 15) is 9.59 Å². The summed E-state index contributed by atoms with van der Waals surface area (Å²) in [5, 5.41) is 4.23. The molecule has 0 fully saturated rings. The number of ether oxygens (including phenoxy) is 3. The summed E-state index contributed by atoms with van der Waals surface area (Å²) in [4.78, 5) is 30.8. The number of nitrogens with one attached hydrogen (secondary N) is 1. The van der Waals surface area contributed by atoms with Crippen molar-refractivity contribution in [3.63, 3.8) is 0 Å². The van der Waals surface area contributed by atoms with Gasteiger partial charge in [0.1, 0.15) is 19.0 Å². The summed E-state index contributed by atoms with van der Waals surface area (Å²) in [5.74, 6) is 1.60. The third-order valence-electron chi connectivity index (χ3n) is 5.51. The highest BCUT2D eigenvalue weighted by Crippen LogP contribution is 2.32. The summed E-state index contributed by atoms with van der Waals surface area (Å²) >= 11 is 1.28. The third kappa shape index (κ3) is 4.93. The van der Waals surface area contributed by atoms with E-state index in [1.807, 2.05) is 36.4 Å². The van der Waals surface area contributed by atoms with Crippen molar-refractivity contribution >= 4 is 40.0 Å². The van der Waals surface area contributed by atoms with Crippen LogP contribution in [0.3, 0.4) is 0 Å². The third-order valence-corrected chi connectivity index (χ3v) is 6.42. The molecule has 0 radical (unpaired) electrons. The first-order chi connectivity index (χ1) is 17.1. The number of methoxy groups -OCH3 is 1. The predicted octanol–water partition coefficient (Wildman–Crippen LogP) is 5.24. The maximum absolute atomic E-state index is 13.2. The minimum atomic E-state index is -0.284. The zero-order chi connectivity index (χ0) is 24.2. The summed E-state index contributed by atoms with van der Waals surface area (Å²) < 4.78 is 16.5. The number of para-hydroxylation sites is 3. The van der Waals surface area contributed by atoms with Gasteiger partial charge in [-0.25, -0.2) is 4.98 Å². The monoisotopic (exact) mass is 486 g/mol. The van der Waals surface area contributed by atoms with Crippen LogP contribution in [0.25, 0.3) is 10.9 Å². The van der Waals surface area contributed by atoms with E-state index >= 15 is 0 Å². The molecule has 0 aliphatic carbocycles. The van der Waals surface area contributed by atoms with Crippen molar-refractivity contribution in [1.29, 1.82) is 0 Å². The zero-order valence-corrected chi connectivity index (χ0v) is 19.8. The molecule has 2 heterocycles. The van der Waals surface area contributed by atoms with Crippen molar-refractivity contribution in [2.45, 2.75) is 5.03 Å². The largest absolute Gasteiger partial charge is 0.495 e. The van der Waals surface area contributed by atoms with Crippen LogP contribution in [-0.4, -0.2) is 42.8 Å². The summed E-state index contributed by atoms with van der Waals surface area (Å²) in [6, 6.07) is 21.6.